The van der Waals surface area contributed by atoms with Crippen LogP contribution in [0, 0.1) is 13.8 Å². The normalized spacial score (nSPS) is 10.3. The van der Waals surface area contributed by atoms with E-state index in [4.69, 9.17) is 4.74 Å². The topological polar surface area (TPSA) is 61.2 Å². The summed E-state index contributed by atoms with van der Waals surface area (Å²) in [6.07, 6.45) is 1.61. The molecule has 2 rings (SSSR count). The molecule has 2 aromatic rings. The van der Waals surface area contributed by atoms with Crippen molar-refractivity contribution < 1.29 is 9.53 Å². The van der Waals surface area contributed by atoms with Crippen molar-refractivity contribution in [3.8, 4) is 11.7 Å². The highest BCUT2D eigenvalue weighted by atomic mass is 16.5. The highest BCUT2D eigenvalue weighted by Gasteiger charge is 2.12. The van der Waals surface area contributed by atoms with Crippen molar-refractivity contribution in [1.29, 1.82) is 0 Å². The van der Waals surface area contributed by atoms with Gasteiger partial charge in [-0.3, -0.25) is 9.59 Å². The molecule has 5 heteroatoms. The van der Waals surface area contributed by atoms with Gasteiger partial charge in [0.25, 0.3) is 5.56 Å². The molecule has 0 saturated heterocycles. The number of pyridine rings is 2. The summed E-state index contributed by atoms with van der Waals surface area (Å²) in [5.41, 5.74) is 1.27. The van der Waals surface area contributed by atoms with Gasteiger partial charge in [0, 0.05) is 18.7 Å². The van der Waals surface area contributed by atoms with E-state index in [1.165, 1.54) is 11.5 Å². The Hall–Kier alpha value is -2.43. The Bertz CT molecular complexity index is 689. The maximum absolute atomic E-state index is 12.2. The lowest BCUT2D eigenvalue weighted by Gasteiger charge is -2.12. The molecule has 98 valence electrons. The molecule has 0 amide bonds. The smallest absolute Gasteiger partial charge is 0.309 e. The van der Waals surface area contributed by atoms with Crippen LogP contribution in [0.3, 0.4) is 0 Å². The lowest BCUT2D eigenvalue weighted by atomic mass is 10.2. The molecule has 19 heavy (non-hydrogen) atoms. The third-order valence-electron chi connectivity index (χ3n) is 2.62. The van der Waals surface area contributed by atoms with Gasteiger partial charge in [0.1, 0.15) is 5.82 Å². The van der Waals surface area contributed by atoms with Crippen molar-refractivity contribution in [1.82, 2.24) is 9.55 Å². The first kappa shape index (κ1) is 13.0. The van der Waals surface area contributed by atoms with Gasteiger partial charge in [-0.2, -0.15) is 0 Å². The van der Waals surface area contributed by atoms with Crippen LogP contribution in [-0.2, 0) is 4.79 Å². The molecule has 0 aliphatic carbocycles. The van der Waals surface area contributed by atoms with E-state index < -0.39 is 5.97 Å². The first-order valence-corrected chi connectivity index (χ1v) is 5.83. The Morgan fingerprint density at radius 3 is 2.63 bits per heavy atom. The second-order valence-corrected chi connectivity index (χ2v) is 4.28. The lowest BCUT2D eigenvalue weighted by molar-refractivity contribution is -0.132. The molecule has 0 saturated carbocycles. The summed E-state index contributed by atoms with van der Waals surface area (Å²) in [7, 11) is 0. The van der Waals surface area contributed by atoms with Gasteiger partial charge in [0.2, 0.25) is 5.88 Å². The van der Waals surface area contributed by atoms with E-state index in [0.29, 0.717) is 11.4 Å². The number of nitrogens with zero attached hydrogens (tertiary/aromatic N) is 2. The van der Waals surface area contributed by atoms with E-state index in [9.17, 15) is 9.59 Å². The average Bonchev–Trinajstić information content (AvgIpc) is 2.33. The summed E-state index contributed by atoms with van der Waals surface area (Å²) in [4.78, 5) is 27.5. The molecule has 0 fully saturated rings. The summed E-state index contributed by atoms with van der Waals surface area (Å²) in [6, 6.07) is 6.79. The van der Waals surface area contributed by atoms with Crippen LogP contribution in [0.25, 0.3) is 5.82 Å². The average molecular weight is 258 g/mol. The Balaban J connectivity index is 2.69. The molecular formula is C14H14N2O3. The minimum absolute atomic E-state index is 0.168. The molecule has 0 aliphatic heterocycles. The van der Waals surface area contributed by atoms with E-state index in [2.05, 4.69) is 4.98 Å². The maximum Gasteiger partial charge on any atom is 0.309 e. The highest BCUT2D eigenvalue weighted by molar-refractivity contribution is 5.69. The van der Waals surface area contributed by atoms with Gasteiger partial charge in [-0.05, 0) is 43.7 Å². The molecule has 0 unspecified atom stereocenters. The van der Waals surface area contributed by atoms with Crippen molar-refractivity contribution in [2.45, 2.75) is 20.8 Å². The highest BCUT2D eigenvalue weighted by Crippen LogP contribution is 2.15. The molecule has 0 spiro atoms. The molecule has 2 heterocycles. The van der Waals surface area contributed by atoms with Crippen molar-refractivity contribution >= 4 is 5.97 Å². The van der Waals surface area contributed by atoms with Crippen LogP contribution in [0.2, 0.25) is 0 Å². The van der Waals surface area contributed by atoms with Crippen LogP contribution in [0.15, 0.2) is 35.3 Å². The Kier molecular flexibility index (Phi) is 3.46. The Labute approximate surface area is 110 Å². The van der Waals surface area contributed by atoms with E-state index >= 15 is 0 Å². The maximum atomic E-state index is 12.2. The van der Waals surface area contributed by atoms with Crippen molar-refractivity contribution in [2.75, 3.05) is 0 Å². The third kappa shape index (κ3) is 2.70. The second kappa shape index (κ2) is 5.06. The van der Waals surface area contributed by atoms with Crippen LogP contribution in [-0.4, -0.2) is 15.5 Å². The second-order valence-electron chi connectivity index (χ2n) is 4.28. The molecule has 0 aromatic carbocycles. The molecule has 0 N–H and O–H groups in total. The number of rotatable bonds is 2. The van der Waals surface area contributed by atoms with Crippen LogP contribution in [0.5, 0.6) is 5.88 Å². The summed E-state index contributed by atoms with van der Waals surface area (Å²) in [5.74, 6) is 0.121. The molecule has 5 nitrogen and oxygen atoms in total. The van der Waals surface area contributed by atoms with Gasteiger partial charge < -0.3 is 4.74 Å². The van der Waals surface area contributed by atoms with Gasteiger partial charge in [-0.15, -0.1) is 0 Å². The molecule has 0 radical (unpaired) electrons. The summed E-state index contributed by atoms with van der Waals surface area (Å²) < 4.78 is 6.35. The monoisotopic (exact) mass is 258 g/mol. The van der Waals surface area contributed by atoms with Gasteiger partial charge in [0.05, 0.1) is 0 Å². The Morgan fingerprint density at radius 1 is 1.26 bits per heavy atom. The standard InChI is InChI=1S/C14H14N2O3/c1-9-6-7-15-12(8-9)16-13(19-11(3)17)5-4-10(2)14(16)18/h4-8H,1-3H3. The zero-order valence-corrected chi connectivity index (χ0v) is 11.0. The minimum Gasteiger partial charge on any atom is -0.409 e. The first-order valence-electron chi connectivity index (χ1n) is 5.83. The first-order chi connectivity index (χ1) is 8.99. The molecule has 2 aromatic heterocycles. The summed E-state index contributed by atoms with van der Waals surface area (Å²) >= 11 is 0. The van der Waals surface area contributed by atoms with Crippen molar-refractivity contribution in [3.05, 3.63) is 51.9 Å². The van der Waals surface area contributed by atoms with Gasteiger partial charge >= 0.3 is 5.97 Å². The van der Waals surface area contributed by atoms with Gasteiger partial charge in [-0.25, -0.2) is 9.55 Å². The zero-order valence-electron chi connectivity index (χ0n) is 11.0. The predicted octanol–water partition coefficient (Wildman–Crippen LogP) is 1.77. The molecule has 0 atom stereocenters. The van der Waals surface area contributed by atoms with Crippen molar-refractivity contribution in [2.24, 2.45) is 0 Å². The lowest BCUT2D eigenvalue weighted by Crippen LogP contribution is -2.24. The number of esters is 1. The van der Waals surface area contributed by atoms with Crippen molar-refractivity contribution in [3.63, 3.8) is 0 Å². The number of hydrogen-bond acceptors (Lipinski definition) is 4. The van der Waals surface area contributed by atoms with Crippen LogP contribution in [0.4, 0.5) is 0 Å². The number of aromatic nitrogens is 2. The number of aryl methyl sites for hydroxylation is 2. The van der Waals surface area contributed by atoms with Gasteiger partial charge in [-0.1, -0.05) is 0 Å². The minimum atomic E-state index is -0.482. The van der Waals surface area contributed by atoms with E-state index in [-0.39, 0.29) is 11.4 Å². The SMILES string of the molecule is CC(=O)Oc1ccc(C)c(=O)n1-c1cc(C)ccn1. The molecular weight excluding hydrogens is 244 g/mol. The number of carbonyl (C=O) groups is 1. The fourth-order valence-corrected chi connectivity index (χ4v) is 1.70. The fraction of sp³-hybridized carbons (Fsp3) is 0.214. The third-order valence-corrected chi connectivity index (χ3v) is 2.62. The fourth-order valence-electron chi connectivity index (χ4n) is 1.70. The van der Waals surface area contributed by atoms with E-state index in [0.717, 1.165) is 5.56 Å². The number of ether oxygens (including phenoxy) is 1. The van der Waals surface area contributed by atoms with Gasteiger partial charge in [0.15, 0.2) is 0 Å². The van der Waals surface area contributed by atoms with Crippen LogP contribution < -0.4 is 10.3 Å². The van der Waals surface area contributed by atoms with Crippen LogP contribution in [0.1, 0.15) is 18.1 Å². The number of hydrogen-bond donors (Lipinski definition) is 0. The summed E-state index contributed by atoms with van der Waals surface area (Å²) in [6.45, 7) is 4.89. The number of carbonyl (C=O) groups excluding carboxylic acids is 1. The predicted molar refractivity (Wildman–Crippen MR) is 70.6 cm³/mol. The molecule has 0 aliphatic rings. The van der Waals surface area contributed by atoms with Crippen LogP contribution >= 0.6 is 0 Å². The largest absolute Gasteiger partial charge is 0.409 e. The summed E-state index contributed by atoms with van der Waals surface area (Å²) in [5, 5.41) is 0. The van der Waals surface area contributed by atoms with E-state index in [1.54, 1.807) is 31.3 Å². The zero-order chi connectivity index (χ0) is 14.0. The molecule has 0 bridgehead atoms. The Morgan fingerprint density at radius 2 is 2.00 bits per heavy atom. The van der Waals surface area contributed by atoms with E-state index in [1.807, 2.05) is 13.0 Å². The quantitative estimate of drug-likeness (QED) is 0.770.